The fraction of sp³-hybridized carbons (Fsp3) is 0.231. The van der Waals surface area contributed by atoms with Crippen LogP contribution >= 0.6 is 0 Å². The van der Waals surface area contributed by atoms with E-state index in [4.69, 9.17) is 0 Å². The summed E-state index contributed by atoms with van der Waals surface area (Å²) < 4.78 is 0. The molecule has 0 spiro atoms. The smallest absolute Gasteiger partial charge is 0.548 e. The standard InChI is InChI=1S/C52H50N4O10.2Na/c1-23(2)39-31-15-25(5)41(47(59)43(31)33(45(57)49(39)61)21-55-37(51(63)64)17-27-19-53-35-13-9-7-11-29(27)35)42-26(6)16-32-40(24(3)4)50(62)46(58)34(44(32)48(42)60)22-56-38(52(65)66)18-28-20-54-36-14-10-8-12-30(28)36;;/h7-16,19-24,37-38,53-54,57-62H,17-18H2,1-6H3,(H,63,64)(H,65,66);;/q;2*+1/p-2/t37-,38-;;/m0../s1. The van der Waals surface area contributed by atoms with Gasteiger partial charge < -0.3 is 60.4 Å². The van der Waals surface area contributed by atoms with Crippen LogP contribution in [0.3, 0.4) is 0 Å². The minimum absolute atomic E-state index is 0. The molecule has 0 unspecified atom stereocenters. The fourth-order valence-corrected chi connectivity index (χ4v) is 9.36. The van der Waals surface area contributed by atoms with Crippen molar-refractivity contribution in [2.45, 2.75) is 78.3 Å². The number of aliphatic imine (C=N–C) groups is 2. The zero-order valence-electron chi connectivity index (χ0n) is 39.0. The molecule has 0 fully saturated rings. The number of aryl methyl sites for hydroxylation is 2. The number of phenolic OH excluding ortho intramolecular Hbond substituents is 6. The molecule has 0 aliphatic heterocycles. The Bertz CT molecular complexity index is 3130. The number of hydrogen-bond acceptors (Lipinski definition) is 12. The number of hydrogen-bond donors (Lipinski definition) is 8. The number of benzene rings is 6. The summed E-state index contributed by atoms with van der Waals surface area (Å²) in [5.74, 6) is -7.02. The van der Waals surface area contributed by atoms with Crippen molar-refractivity contribution in [2.24, 2.45) is 9.98 Å². The third kappa shape index (κ3) is 9.04. The van der Waals surface area contributed by atoms with Crippen molar-refractivity contribution in [3.8, 4) is 45.6 Å². The number of nitrogens with one attached hydrogen (secondary N) is 2. The second-order valence-corrected chi connectivity index (χ2v) is 17.4. The molecular formula is C52H48N4Na2O10. The molecule has 16 heteroatoms. The molecule has 0 radical (unpaired) electrons. The molecule has 2 heterocycles. The molecule has 6 aromatic carbocycles. The quantitative estimate of drug-likeness (QED) is 0.0467. The molecule has 0 saturated carbocycles. The van der Waals surface area contributed by atoms with E-state index in [-0.39, 0.29) is 116 Å². The first-order valence-electron chi connectivity index (χ1n) is 21.5. The molecule has 8 rings (SSSR count). The predicted molar refractivity (Wildman–Crippen MR) is 251 cm³/mol. The number of para-hydroxylation sites is 2. The summed E-state index contributed by atoms with van der Waals surface area (Å²) >= 11 is 0. The largest absolute Gasteiger partial charge is 1.00 e. The summed E-state index contributed by atoms with van der Waals surface area (Å²) in [5.41, 5.74) is 4.06. The first-order chi connectivity index (χ1) is 31.4. The summed E-state index contributed by atoms with van der Waals surface area (Å²) in [6.45, 7) is 10.5. The molecule has 2 atom stereocenters. The molecule has 68 heavy (non-hydrogen) atoms. The number of carbonyl (C=O) groups excluding carboxylic acids is 2. The topological polar surface area (TPSA) is 258 Å². The number of aromatic nitrogens is 2. The Kier molecular flexibility index (Phi) is 15.3. The van der Waals surface area contributed by atoms with Crippen molar-refractivity contribution in [1.82, 2.24) is 9.97 Å². The number of aliphatic carboxylic acids is 2. The number of phenols is 6. The van der Waals surface area contributed by atoms with Gasteiger partial charge in [-0.15, -0.1) is 0 Å². The maximum Gasteiger partial charge on any atom is 1.00 e. The maximum absolute atomic E-state index is 12.6. The third-order valence-electron chi connectivity index (χ3n) is 12.5. The van der Waals surface area contributed by atoms with Crippen LogP contribution in [0.15, 0.2) is 83.0 Å². The first kappa shape index (κ1) is 51.4. The monoisotopic (exact) mass is 934 g/mol. The van der Waals surface area contributed by atoms with Gasteiger partial charge in [0.1, 0.15) is 11.5 Å². The molecule has 2 aromatic heterocycles. The molecule has 14 nitrogen and oxygen atoms in total. The van der Waals surface area contributed by atoms with Gasteiger partial charge in [0.25, 0.3) is 0 Å². The first-order valence-corrected chi connectivity index (χ1v) is 21.5. The average Bonchev–Trinajstić information content (AvgIpc) is 3.87. The molecular weight excluding hydrogens is 887 g/mol. The number of aromatic hydroxyl groups is 6. The van der Waals surface area contributed by atoms with Crippen LogP contribution in [0.25, 0.3) is 54.5 Å². The van der Waals surface area contributed by atoms with E-state index in [2.05, 4.69) is 20.0 Å². The number of carbonyl (C=O) groups is 2. The Morgan fingerprint density at radius 1 is 0.559 bits per heavy atom. The van der Waals surface area contributed by atoms with Crippen LogP contribution < -0.4 is 69.3 Å². The zero-order chi connectivity index (χ0) is 47.5. The molecule has 8 N–H and O–H groups in total. The summed E-state index contributed by atoms with van der Waals surface area (Å²) in [7, 11) is 0. The van der Waals surface area contributed by atoms with E-state index in [0.29, 0.717) is 33.0 Å². The number of nitrogens with zero attached hydrogens (tertiary/aromatic N) is 2. The number of rotatable bonds is 13. The van der Waals surface area contributed by atoms with Gasteiger partial charge >= 0.3 is 59.1 Å². The van der Waals surface area contributed by atoms with Gasteiger partial charge in [0.05, 0.1) is 24.0 Å². The molecule has 0 aliphatic carbocycles. The van der Waals surface area contributed by atoms with E-state index in [1.165, 1.54) is 0 Å². The van der Waals surface area contributed by atoms with Crippen LogP contribution in [0.4, 0.5) is 0 Å². The molecule has 0 amide bonds. The van der Waals surface area contributed by atoms with Gasteiger partial charge in [-0.3, -0.25) is 9.98 Å². The number of carboxylic acid groups (broad SMARTS) is 2. The Balaban J connectivity index is 0.00000381. The second-order valence-electron chi connectivity index (χ2n) is 17.4. The molecule has 338 valence electrons. The minimum atomic E-state index is -1.50. The molecule has 8 aromatic rings. The second kappa shape index (κ2) is 20.3. The van der Waals surface area contributed by atoms with Crippen LogP contribution in [0.1, 0.15) is 84.0 Å². The Morgan fingerprint density at radius 2 is 0.912 bits per heavy atom. The Morgan fingerprint density at radius 3 is 1.25 bits per heavy atom. The van der Waals surface area contributed by atoms with Gasteiger partial charge in [-0.1, -0.05) is 76.2 Å². The van der Waals surface area contributed by atoms with Crippen LogP contribution in [-0.4, -0.2) is 77.1 Å². The van der Waals surface area contributed by atoms with E-state index in [1.54, 1.807) is 66.1 Å². The summed E-state index contributed by atoms with van der Waals surface area (Å²) in [6, 6.07) is 15.1. The van der Waals surface area contributed by atoms with Crippen LogP contribution in [-0.2, 0) is 22.4 Å². The van der Waals surface area contributed by atoms with Crippen molar-refractivity contribution in [3.63, 3.8) is 0 Å². The van der Waals surface area contributed by atoms with Gasteiger partial charge in [-0.2, -0.15) is 0 Å². The number of fused-ring (bicyclic) bond motifs is 4. The van der Waals surface area contributed by atoms with Crippen LogP contribution in [0.5, 0.6) is 34.5 Å². The van der Waals surface area contributed by atoms with E-state index in [9.17, 15) is 50.4 Å². The minimum Gasteiger partial charge on any atom is -0.548 e. The van der Waals surface area contributed by atoms with Gasteiger partial charge in [0.15, 0.2) is 23.0 Å². The van der Waals surface area contributed by atoms with Gasteiger partial charge in [-0.25, -0.2) is 0 Å². The summed E-state index contributed by atoms with van der Waals surface area (Å²) in [6.07, 6.45) is 5.35. The Labute approximate surface area is 435 Å². The predicted octanol–water partition coefficient (Wildman–Crippen LogP) is 1.29. The van der Waals surface area contributed by atoms with E-state index < -0.39 is 70.4 Å². The van der Waals surface area contributed by atoms with Gasteiger partial charge in [0, 0.05) is 104 Å². The van der Waals surface area contributed by atoms with E-state index >= 15 is 0 Å². The third-order valence-corrected chi connectivity index (χ3v) is 12.5. The Hall–Kier alpha value is -6.00. The van der Waals surface area contributed by atoms with Crippen LogP contribution in [0.2, 0.25) is 0 Å². The normalized spacial score (nSPS) is 12.8. The van der Waals surface area contributed by atoms with E-state index in [1.807, 2.05) is 48.5 Å². The van der Waals surface area contributed by atoms with Crippen molar-refractivity contribution in [1.29, 1.82) is 0 Å². The SMILES string of the molecule is Cc1cc2c(C(C)C)c(O)c(O)c(C=N[C@@H](Cc3c[nH]c4ccccc34)C(=O)[O-])c2c(O)c1-c1c(C)cc2c(C(C)C)c(O)c(O)c(C=N[C@@H](Cc3c[nH]c4ccccc34)C(=O)[O-])c2c1O.[Na+].[Na+]. The molecule has 0 saturated heterocycles. The van der Waals surface area contributed by atoms with Crippen LogP contribution in [0, 0.1) is 13.8 Å². The number of H-pyrrole nitrogens is 2. The zero-order valence-corrected chi connectivity index (χ0v) is 43.0. The molecule has 0 bridgehead atoms. The van der Waals surface area contributed by atoms with Crippen molar-refractivity contribution >= 4 is 67.7 Å². The van der Waals surface area contributed by atoms with E-state index in [0.717, 1.165) is 34.2 Å². The number of carboxylic acids is 2. The maximum atomic E-state index is 12.6. The fourth-order valence-electron chi connectivity index (χ4n) is 9.36. The average molecular weight is 935 g/mol. The number of aromatic amines is 2. The summed E-state index contributed by atoms with van der Waals surface area (Å²) in [4.78, 5) is 40.0. The molecule has 0 aliphatic rings. The summed E-state index contributed by atoms with van der Waals surface area (Å²) in [5, 5.41) is 98.6. The van der Waals surface area contributed by atoms with Gasteiger partial charge in [-0.05, 0) is 70.8 Å². The van der Waals surface area contributed by atoms with Gasteiger partial charge in [0.2, 0.25) is 0 Å². The van der Waals surface area contributed by atoms with Crippen molar-refractivity contribution < 1.29 is 110 Å². The van der Waals surface area contributed by atoms with Crippen molar-refractivity contribution in [3.05, 3.63) is 118 Å². The van der Waals surface area contributed by atoms with Crippen molar-refractivity contribution in [2.75, 3.05) is 0 Å².